The molecule has 0 bridgehead atoms. The van der Waals surface area contributed by atoms with Crippen LogP contribution in [0.3, 0.4) is 0 Å². The molecule has 3 rings (SSSR count). The fourth-order valence-electron chi connectivity index (χ4n) is 2.13. The van der Waals surface area contributed by atoms with Gasteiger partial charge in [-0.15, -0.1) is 0 Å². The van der Waals surface area contributed by atoms with Crippen LogP contribution in [-0.4, -0.2) is 19.1 Å². The molecule has 16 heavy (non-hydrogen) atoms. The van der Waals surface area contributed by atoms with E-state index in [0.29, 0.717) is 5.92 Å². The Morgan fingerprint density at radius 2 is 1.94 bits per heavy atom. The van der Waals surface area contributed by atoms with Crippen molar-refractivity contribution in [1.29, 1.82) is 0 Å². The van der Waals surface area contributed by atoms with Crippen LogP contribution in [0.5, 0.6) is 0 Å². The van der Waals surface area contributed by atoms with Crippen molar-refractivity contribution in [3.8, 4) is 0 Å². The van der Waals surface area contributed by atoms with Crippen LogP contribution in [0.4, 0.5) is 5.82 Å². The van der Waals surface area contributed by atoms with Gasteiger partial charge in [0.2, 0.25) is 0 Å². The number of pyridine rings is 1. The first kappa shape index (κ1) is 9.64. The maximum atomic E-state index is 4.79. The Morgan fingerprint density at radius 1 is 1.19 bits per heavy atom. The molecule has 1 heterocycles. The van der Waals surface area contributed by atoms with E-state index in [1.54, 1.807) is 0 Å². The second-order valence-electron chi connectivity index (χ2n) is 4.76. The molecule has 1 aliphatic rings. The molecule has 1 aliphatic carbocycles. The van der Waals surface area contributed by atoms with Crippen molar-refractivity contribution in [3.05, 3.63) is 36.0 Å². The third-order valence-electron chi connectivity index (χ3n) is 3.16. The Labute approximate surface area is 95.9 Å². The molecule has 1 aromatic heterocycles. The molecule has 0 saturated heterocycles. The zero-order valence-corrected chi connectivity index (χ0v) is 9.77. The van der Waals surface area contributed by atoms with E-state index < -0.39 is 0 Å². The van der Waals surface area contributed by atoms with E-state index in [4.69, 9.17) is 4.98 Å². The highest BCUT2D eigenvalue weighted by Crippen LogP contribution is 2.41. The average molecular weight is 212 g/mol. The van der Waals surface area contributed by atoms with E-state index >= 15 is 0 Å². The zero-order valence-electron chi connectivity index (χ0n) is 9.77. The fraction of sp³-hybridized carbons (Fsp3) is 0.357. The Balaban J connectivity index is 2.26. The van der Waals surface area contributed by atoms with Gasteiger partial charge in [-0.25, -0.2) is 4.98 Å². The summed E-state index contributed by atoms with van der Waals surface area (Å²) in [4.78, 5) is 6.89. The molecular weight excluding hydrogens is 196 g/mol. The van der Waals surface area contributed by atoms with Gasteiger partial charge in [0.25, 0.3) is 0 Å². The summed E-state index contributed by atoms with van der Waals surface area (Å²) in [5, 5.41) is 2.56. The van der Waals surface area contributed by atoms with Gasteiger partial charge >= 0.3 is 0 Å². The van der Waals surface area contributed by atoms with Crippen LogP contribution in [-0.2, 0) is 0 Å². The summed E-state index contributed by atoms with van der Waals surface area (Å²) in [6.45, 7) is 0. The molecule has 0 amide bonds. The van der Waals surface area contributed by atoms with E-state index in [-0.39, 0.29) is 0 Å². The Morgan fingerprint density at radius 3 is 2.62 bits per heavy atom. The lowest BCUT2D eigenvalue weighted by molar-refractivity contribution is 0.992. The van der Waals surface area contributed by atoms with E-state index in [1.165, 1.54) is 29.3 Å². The number of benzene rings is 1. The SMILES string of the molecule is CN(C)c1nc(C2CC2)cc2ccccc12. The van der Waals surface area contributed by atoms with Gasteiger partial charge < -0.3 is 4.90 Å². The molecule has 2 aromatic rings. The summed E-state index contributed by atoms with van der Waals surface area (Å²) in [5.41, 5.74) is 1.27. The summed E-state index contributed by atoms with van der Waals surface area (Å²) in [7, 11) is 4.12. The number of aromatic nitrogens is 1. The zero-order chi connectivity index (χ0) is 11.1. The van der Waals surface area contributed by atoms with Crippen LogP contribution in [0.1, 0.15) is 24.5 Å². The van der Waals surface area contributed by atoms with Crippen molar-refractivity contribution in [2.45, 2.75) is 18.8 Å². The number of hydrogen-bond acceptors (Lipinski definition) is 2. The molecule has 1 aromatic carbocycles. The third kappa shape index (κ3) is 1.54. The van der Waals surface area contributed by atoms with E-state index in [9.17, 15) is 0 Å². The number of hydrogen-bond donors (Lipinski definition) is 0. The Hall–Kier alpha value is -1.57. The van der Waals surface area contributed by atoms with Crippen molar-refractivity contribution < 1.29 is 0 Å². The lowest BCUT2D eigenvalue weighted by Crippen LogP contribution is -2.12. The van der Waals surface area contributed by atoms with Crippen LogP contribution in [0.15, 0.2) is 30.3 Å². The summed E-state index contributed by atoms with van der Waals surface area (Å²) < 4.78 is 0. The topological polar surface area (TPSA) is 16.1 Å². The lowest BCUT2D eigenvalue weighted by atomic mass is 10.1. The van der Waals surface area contributed by atoms with E-state index in [0.717, 1.165) is 5.82 Å². The largest absolute Gasteiger partial charge is 0.362 e. The smallest absolute Gasteiger partial charge is 0.136 e. The monoisotopic (exact) mass is 212 g/mol. The molecule has 2 nitrogen and oxygen atoms in total. The number of anilines is 1. The summed E-state index contributed by atoms with van der Waals surface area (Å²) in [6.07, 6.45) is 2.61. The Kier molecular flexibility index (Phi) is 2.10. The number of nitrogens with zero attached hydrogens (tertiary/aromatic N) is 2. The summed E-state index contributed by atoms with van der Waals surface area (Å²) in [6, 6.07) is 10.7. The highest BCUT2D eigenvalue weighted by Gasteiger charge is 2.26. The molecular formula is C14H16N2. The molecule has 2 heteroatoms. The summed E-state index contributed by atoms with van der Waals surface area (Å²) >= 11 is 0. The average Bonchev–Trinajstić information content (AvgIpc) is 3.11. The quantitative estimate of drug-likeness (QED) is 0.760. The lowest BCUT2D eigenvalue weighted by Gasteiger charge is -2.15. The second kappa shape index (κ2) is 3.48. The molecule has 82 valence electrons. The minimum Gasteiger partial charge on any atom is -0.362 e. The van der Waals surface area contributed by atoms with Crippen LogP contribution >= 0.6 is 0 Å². The van der Waals surface area contributed by atoms with E-state index in [1.807, 2.05) is 0 Å². The molecule has 0 N–H and O–H groups in total. The predicted octanol–water partition coefficient (Wildman–Crippen LogP) is 3.18. The van der Waals surface area contributed by atoms with Gasteiger partial charge in [-0.2, -0.15) is 0 Å². The van der Waals surface area contributed by atoms with Gasteiger partial charge in [-0.3, -0.25) is 0 Å². The molecule has 0 aliphatic heterocycles. The standard InChI is InChI=1S/C14H16N2/c1-16(2)14-12-6-4-3-5-11(12)9-13(15-14)10-7-8-10/h3-6,9-10H,7-8H2,1-2H3. The van der Waals surface area contributed by atoms with Crippen LogP contribution in [0.25, 0.3) is 10.8 Å². The van der Waals surface area contributed by atoms with Gasteiger partial charge in [0.15, 0.2) is 0 Å². The maximum Gasteiger partial charge on any atom is 0.136 e. The van der Waals surface area contributed by atoms with Gasteiger partial charge in [-0.1, -0.05) is 24.3 Å². The van der Waals surface area contributed by atoms with Crippen molar-refractivity contribution in [3.63, 3.8) is 0 Å². The first-order valence-corrected chi connectivity index (χ1v) is 5.83. The third-order valence-corrected chi connectivity index (χ3v) is 3.16. The van der Waals surface area contributed by atoms with Gasteiger partial charge in [0.1, 0.15) is 5.82 Å². The van der Waals surface area contributed by atoms with Crippen LogP contribution < -0.4 is 4.90 Å². The van der Waals surface area contributed by atoms with Crippen molar-refractivity contribution in [2.75, 3.05) is 19.0 Å². The van der Waals surface area contributed by atoms with Crippen LogP contribution in [0, 0.1) is 0 Å². The maximum absolute atomic E-state index is 4.79. The van der Waals surface area contributed by atoms with Crippen LogP contribution in [0.2, 0.25) is 0 Å². The minimum atomic E-state index is 0.711. The van der Waals surface area contributed by atoms with Gasteiger partial charge in [0, 0.05) is 31.1 Å². The fourth-order valence-corrected chi connectivity index (χ4v) is 2.13. The molecule has 0 radical (unpaired) electrons. The highest BCUT2D eigenvalue weighted by molar-refractivity contribution is 5.92. The number of rotatable bonds is 2. The Bertz CT molecular complexity index is 527. The minimum absolute atomic E-state index is 0.711. The van der Waals surface area contributed by atoms with Crippen molar-refractivity contribution >= 4 is 16.6 Å². The molecule has 0 atom stereocenters. The first-order chi connectivity index (χ1) is 7.75. The molecule has 1 saturated carbocycles. The molecule has 0 unspecified atom stereocenters. The van der Waals surface area contributed by atoms with Gasteiger partial charge in [0.05, 0.1) is 0 Å². The predicted molar refractivity (Wildman–Crippen MR) is 68.0 cm³/mol. The molecule has 1 fully saturated rings. The normalized spacial score (nSPS) is 15.4. The molecule has 0 spiro atoms. The second-order valence-corrected chi connectivity index (χ2v) is 4.76. The van der Waals surface area contributed by atoms with E-state index in [2.05, 4.69) is 49.3 Å². The van der Waals surface area contributed by atoms with Gasteiger partial charge in [-0.05, 0) is 24.3 Å². The summed E-state index contributed by atoms with van der Waals surface area (Å²) in [5.74, 6) is 1.81. The van der Waals surface area contributed by atoms with Crippen molar-refractivity contribution in [1.82, 2.24) is 4.98 Å². The number of fused-ring (bicyclic) bond motifs is 1. The first-order valence-electron chi connectivity index (χ1n) is 5.83. The highest BCUT2D eigenvalue weighted by atomic mass is 15.1. The van der Waals surface area contributed by atoms with Crippen molar-refractivity contribution in [2.24, 2.45) is 0 Å².